The summed E-state index contributed by atoms with van der Waals surface area (Å²) in [7, 11) is 3.51. The molecule has 1 aliphatic carbocycles. The van der Waals surface area contributed by atoms with E-state index in [2.05, 4.69) is 10.4 Å². The zero-order valence-corrected chi connectivity index (χ0v) is 11.1. The van der Waals surface area contributed by atoms with E-state index in [0.717, 1.165) is 0 Å². The van der Waals surface area contributed by atoms with E-state index in [-0.39, 0.29) is 5.56 Å². The largest absolute Gasteiger partial charge is 0.480 e. The molecule has 1 atom stereocenters. The Morgan fingerprint density at radius 2 is 2.22 bits per heavy atom. The van der Waals surface area contributed by atoms with Crippen molar-refractivity contribution in [2.24, 2.45) is 5.92 Å². The molecule has 0 radical (unpaired) electrons. The van der Waals surface area contributed by atoms with E-state index in [1.165, 1.54) is 36.4 Å². The number of hydrogen-bond acceptors (Lipinski definition) is 4. The summed E-state index contributed by atoms with van der Waals surface area (Å²) in [6.45, 7) is 0.608. The van der Waals surface area contributed by atoms with Crippen LogP contribution in [-0.4, -0.2) is 30.0 Å². The third kappa shape index (κ3) is 2.90. The quantitative estimate of drug-likeness (QED) is 0.849. The van der Waals surface area contributed by atoms with E-state index in [1.807, 2.05) is 7.05 Å². The van der Waals surface area contributed by atoms with Gasteiger partial charge in [-0.2, -0.15) is 0 Å². The van der Waals surface area contributed by atoms with Crippen LogP contribution in [0.25, 0.3) is 0 Å². The molecule has 5 nitrogen and oxygen atoms in total. The minimum Gasteiger partial charge on any atom is -0.480 e. The highest BCUT2D eigenvalue weighted by molar-refractivity contribution is 5.06. The van der Waals surface area contributed by atoms with Crippen molar-refractivity contribution in [3.8, 4) is 5.88 Å². The highest BCUT2D eigenvalue weighted by atomic mass is 16.5. The lowest BCUT2D eigenvalue weighted by Crippen LogP contribution is -2.40. The lowest BCUT2D eigenvalue weighted by atomic mass is 9.98. The van der Waals surface area contributed by atoms with Crippen molar-refractivity contribution in [1.82, 2.24) is 15.1 Å². The van der Waals surface area contributed by atoms with Gasteiger partial charge in [-0.05, 0) is 25.8 Å². The van der Waals surface area contributed by atoms with Crippen LogP contribution in [0.2, 0.25) is 0 Å². The van der Waals surface area contributed by atoms with Gasteiger partial charge in [0.1, 0.15) is 0 Å². The van der Waals surface area contributed by atoms with Crippen molar-refractivity contribution in [1.29, 1.82) is 0 Å². The summed E-state index contributed by atoms with van der Waals surface area (Å²) in [5, 5.41) is 7.51. The molecule has 5 heteroatoms. The predicted molar refractivity (Wildman–Crippen MR) is 69.9 cm³/mol. The first-order chi connectivity index (χ1) is 8.74. The predicted octanol–water partition coefficient (Wildman–Crippen LogP) is 1.03. The number of nitrogens with zero attached hydrogens (tertiary/aromatic N) is 2. The van der Waals surface area contributed by atoms with Gasteiger partial charge in [0.05, 0.1) is 13.7 Å². The van der Waals surface area contributed by atoms with Gasteiger partial charge in [0.15, 0.2) is 0 Å². The smallest absolute Gasteiger partial charge is 0.267 e. The monoisotopic (exact) mass is 251 g/mol. The lowest BCUT2D eigenvalue weighted by molar-refractivity contribution is 0.310. The van der Waals surface area contributed by atoms with Gasteiger partial charge in [-0.3, -0.25) is 4.79 Å². The van der Waals surface area contributed by atoms with Gasteiger partial charge in [0.25, 0.3) is 5.56 Å². The first-order valence-electron chi connectivity index (χ1n) is 6.54. The Balaban J connectivity index is 2.13. The molecule has 0 bridgehead atoms. The number of rotatable bonds is 5. The fourth-order valence-corrected chi connectivity index (χ4v) is 2.69. The average molecular weight is 251 g/mol. The first kappa shape index (κ1) is 13.1. The van der Waals surface area contributed by atoms with Gasteiger partial charge >= 0.3 is 0 Å². The van der Waals surface area contributed by atoms with E-state index in [4.69, 9.17) is 4.74 Å². The van der Waals surface area contributed by atoms with Crippen LogP contribution >= 0.6 is 0 Å². The lowest BCUT2D eigenvalue weighted by Gasteiger charge is -2.23. The molecule has 18 heavy (non-hydrogen) atoms. The molecule has 100 valence electrons. The van der Waals surface area contributed by atoms with Gasteiger partial charge in [-0.1, -0.05) is 12.8 Å². The van der Waals surface area contributed by atoms with Crippen LogP contribution in [0.1, 0.15) is 25.7 Å². The molecule has 1 heterocycles. The molecule has 0 saturated heterocycles. The SMILES string of the molecule is CNC(Cn1nc(OC)ccc1=O)C1CCCC1. The van der Waals surface area contributed by atoms with E-state index in [9.17, 15) is 4.79 Å². The van der Waals surface area contributed by atoms with Crippen LogP contribution in [-0.2, 0) is 6.54 Å². The van der Waals surface area contributed by atoms with Crippen LogP contribution in [0.5, 0.6) is 5.88 Å². The second-order valence-electron chi connectivity index (χ2n) is 4.84. The normalized spacial score (nSPS) is 17.9. The van der Waals surface area contributed by atoms with E-state index < -0.39 is 0 Å². The number of hydrogen-bond donors (Lipinski definition) is 1. The van der Waals surface area contributed by atoms with Crippen molar-refractivity contribution in [2.45, 2.75) is 38.3 Å². The second kappa shape index (κ2) is 6.00. The van der Waals surface area contributed by atoms with Crippen molar-refractivity contribution >= 4 is 0 Å². The fraction of sp³-hybridized carbons (Fsp3) is 0.692. The van der Waals surface area contributed by atoms with Crippen molar-refractivity contribution in [2.75, 3.05) is 14.2 Å². The number of aromatic nitrogens is 2. The van der Waals surface area contributed by atoms with Crippen LogP contribution in [0.15, 0.2) is 16.9 Å². The second-order valence-corrected chi connectivity index (χ2v) is 4.84. The molecule has 0 amide bonds. The average Bonchev–Trinajstić information content (AvgIpc) is 2.91. The summed E-state index contributed by atoms with van der Waals surface area (Å²) in [4.78, 5) is 11.8. The number of likely N-dealkylation sites (N-methyl/N-ethyl adjacent to an activating group) is 1. The van der Waals surface area contributed by atoms with Crippen molar-refractivity contribution in [3.05, 3.63) is 22.5 Å². The Morgan fingerprint density at radius 1 is 1.50 bits per heavy atom. The minimum atomic E-state index is -0.0750. The topological polar surface area (TPSA) is 56.1 Å². The first-order valence-corrected chi connectivity index (χ1v) is 6.54. The number of ether oxygens (including phenoxy) is 1. The van der Waals surface area contributed by atoms with Gasteiger partial charge in [-0.15, -0.1) is 5.10 Å². The summed E-state index contributed by atoms with van der Waals surface area (Å²) < 4.78 is 6.56. The maximum absolute atomic E-state index is 11.8. The van der Waals surface area contributed by atoms with Gasteiger partial charge < -0.3 is 10.1 Å². The molecule has 1 aliphatic rings. The van der Waals surface area contributed by atoms with Crippen LogP contribution in [0.4, 0.5) is 0 Å². The molecular formula is C13H21N3O2. The Kier molecular flexibility index (Phi) is 4.36. The summed E-state index contributed by atoms with van der Waals surface area (Å²) in [6.07, 6.45) is 5.07. The Bertz CT molecular complexity index is 438. The summed E-state index contributed by atoms with van der Waals surface area (Å²) in [5.74, 6) is 1.13. The zero-order valence-electron chi connectivity index (χ0n) is 11.1. The number of nitrogens with one attached hydrogen (secondary N) is 1. The molecule has 1 aromatic rings. The van der Waals surface area contributed by atoms with Crippen LogP contribution in [0, 0.1) is 5.92 Å². The highest BCUT2D eigenvalue weighted by Gasteiger charge is 2.24. The summed E-state index contributed by atoms with van der Waals surface area (Å²) >= 11 is 0. The maximum Gasteiger partial charge on any atom is 0.267 e. The highest BCUT2D eigenvalue weighted by Crippen LogP contribution is 2.28. The standard InChI is InChI=1S/C13H21N3O2/c1-14-11(10-5-3-4-6-10)9-16-13(17)8-7-12(15-16)18-2/h7-8,10-11,14H,3-6,9H2,1-2H3. The molecule has 1 fully saturated rings. The maximum atomic E-state index is 11.8. The molecule has 1 aromatic heterocycles. The van der Waals surface area contributed by atoms with Gasteiger partial charge in [-0.25, -0.2) is 4.68 Å². The molecule has 2 rings (SSSR count). The molecule has 1 N–H and O–H groups in total. The molecule has 0 aliphatic heterocycles. The third-order valence-corrected chi connectivity index (χ3v) is 3.76. The Labute approximate surface area is 107 Å². The Morgan fingerprint density at radius 3 is 2.83 bits per heavy atom. The molecule has 0 spiro atoms. The van der Waals surface area contributed by atoms with E-state index in [0.29, 0.717) is 24.4 Å². The Hall–Kier alpha value is -1.36. The van der Waals surface area contributed by atoms with Crippen molar-refractivity contribution in [3.63, 3.8) is 0 Å². The zero-order chi connectivity index (χ0) is 13.0. The fourth-order valence-electron chi connectivity index (χ4n) is 2.69. The van der Waals surface area contributed by atoms with Crippen molar-refractivity contribution < 1.29 is 4.74 Å². The summed E-state index contributed by atoms with van der Waals surface area (Å²) in [6, 6.07) is 3.42. The molecule has 1 saturated carbocycles. The summed E-state index contributed by atoms with van der Waals surface area (Å²) in [5.41, 5.74) is -0.0750. The third-order valence-electron chi connectivity index (χ3n) is 3.76. The van der Waals surface area contributed by atoms with Crippen LogP contribution in [0.3, 0.4) is 0 Å². The van der Waals surface area contributed by atoms with E-state index in [1.54, 1.807) is 13.2 Å². The van der Waals surface area contributed by atoms with Gasteiger partial charge in [0, 0.05) is 18.2 Å². The number of methoxy groups -OCH3 is 1. The molecular weight excluding hydrogens is 230 g/mol. The minimum absolute atomic E-state index is 0.0750. The van der Waals surface area contributed by atoms with E-state index >= 15 is 0 Å². The van der Waals surface area contributed by atoms with Gasteiger partial charge in [0.2, 0.25) is 5.88 Å². The van der Waals surface area contributed by atoms with Crippen LogP contribution < -0.4 is 15.6 Å². The molecule has 0 aromatic carbocycles. The molecule has 1 unspecified atom stereocenters.